The second-order valence-electron chi connectivity index (χ2n) is 4.08. The number of carbonyl (C=O) groups excluding carboxylic acids is 2. The Bertz CT molecular complexity index is 427. The van der Waals surface area contributed by atoms with Crippen LogP contribution in [0.2, 0.25) is 0 Å². The molecule has 1 aromatic carbocycles. The largest absolute Gasteiger partial charge is 0.400 e. The molecule has 0 bridgehead atoms. The maximum atomic E-state index is 12.1. The van der Waals surface area contributed by atoms with E-state index in [0.29, 0.717) is 17.8 Å². The second-order valence-corrected chi connectivity index (χ2v) is 4.08. The van der Waals surface area contributed by atoms with Crippen LogP contribution in [0.4, 0.5) is 0 Å². The average Bonchev–Trinajstić information content (AvgIpc) is 2.54. The highest BCUT2D eigenvalue weighted by Crippen LogP contribution is 2.07. The van der Waals surface area contributed by atoms with E-state index >= 15 is 0 Å². The van der Waals surface area contributed by atoms with Gasteiger partial charge in [0.2, 0.25) is 5.78 Å². The zero-order chi connectivity index (χ0) is 15.4. The number of Topliss-reactive ketones (excluding diaryl/α,β-unsaturated/α-hetero) is 1. The van der Waals surface area contributed by atoms with Gasteiger partial charge in [-0.25, -0.2) is 0 Å². The van der Waals surface area contributed by atoms with E-state index < -0.39 is 0 Å². The molecule has 2 N–H and O–H groups in total. The van der Waals surface area contributed by atoms with Crippen LogP contribution in [0, 0.1) is 5.92 Å². The van der Waals surface area contributed by atoms with Crippen molar-refractivity contribution in [3.63, 3.8) is 0 Å². The third-order valence-electron chi connectivity index (χ3n) is 2.84. The third kappa shape index (κ3) is 5.80. The fourth-order valence-electron chi connectivity index (χ4n) is 1.59. The number of aliphatic hydroxyl groups excluding tert-OH is 1. The molecule has 0 aliphatic heterocycles. The number of hydrogen-bond acceptors (Lipinski definition) is 4. The van der Waals surface area contributed by atoms with Crippen LogP contribution >= 0.6 is 0 Å². The van der Waals surface area contributed by atoms with E-state index in [1.165, 1.54) is 0 Å². The van der Waals surface area contributed by atoms with Crippen molar-refractivity contribution in [2.24, 2.45) is 5.92 Å². The van der Waals surface area contributed by atoms with Crippen LogP contribution in [0.1, 0.15) is 30.6 Å². The predicted octanol–water partition coefficient (Wildman–Crippen LogP) is 2.20. The van der Waals surface area contributed by atoms with Crippen LogP contribution in [-0.4, -0.2) is 30.8 Å². The first-order valence-corrected chi connectivity index (χ1v) is 6.62. The van der Waals surface area contributed by atoms with Crippen LogP contribution in [0.3, 0.4) is 0 Å². The summed E-state index contributed by atoms with van der Waals surface area (Å²) >= 11 is 0. The fraction of sp³-hybridized carbons (Fsp3) is 0.375. The number of benzene rings is 1. The van der Waals surface area contributed by atoms with Gasteiger partial charge in [-0.15, -0.1) is 0 Å². The van der Waals surface area contributed by atoms with E-state index in [4.69, 9.17) is 5.11 Å². The summed E-state index contributed by atoms with van der Waals surface area (Å²) in [5.74, 6) is -0.0950. The number of allylic oxidation sites excluding steroid dienone is 2. The van der Waals surface area contributed by atoms with Gasteiger partial charge < -0.3 is 15.2 Å². The second kappa shape index (κ2) is 10.9. The molecule has 0 amide bonds. The molecule has 1 aromatic rings. The maximum Gasteiger partial charge on any atom is 0.208 e. The van der Waals surface area contributed by atoms with Crippen molar-refractivity contribution in [1.82, 2.24) is 5.32 Å². The Morgan fingerprint density at radius 2 is 1.90 bits per heavy atom. The van der Waals surface area contributed by atoms with Gasteiger partial charge in [0.05, 0.1) is 5.70 Å². The average molecular weight is 277 g/mol. The lowest BCUT2D eigenvalue weighted by molar-refractivity contribution is -0.111. The van der Waals surface area contributed by atoms with Crippen molar-refractivity contribution >= 4 is 12.1 Å². The maximum absolute atomic E-state index is 12.1. The van der Waals surface area contributed by atoms with Crippen molar-refractivity contribution in [3.8, 4) is 0 Å². The zero-order valence-electron chi connectivity index (χ0n) is 12.3. The minimum atomic E-state index is -0.0523. The number of nitrogens with one attached hydrogen (secondary N) is 1. The summed E-state index contributed by atoms with van der Waals surface area (Å²) in [7, 11) is 1.00. The zero-order valence-corrected chi connectivity index (χ0v) is 12.3. The van der Waals surface area contributed by atoms with E-state index in [9.17, 15) is 9.59 Å². The van der Waals surface area contributed by atoms with E-state index in [1.54, 1.807) is 18.2 Å². The SMILES string of the molecule is C/C=C(\NC[C@H](C=O)CC)C(=O)c1ccccc1.CO. The number of aldehydes is 1. The standard InChI is InChI=1S/C15H19NO2.CH4O/c1-3-12(11-17)10-16-14(4-2)15(18)13-8-6-5-7-9-13;1-2/h4-9,11-12,16H,3,10H2,1-2H3;2H,1H3/b14-4-;/t12-;/m1./s1. The molecule has 0 fully saturated rings. The van der Waals surface area contributed by atoms with E-state index in [1.807, 2.05) is 32.0 Å². The summed E-state index contributed by atoms with van der Waals surface area (Å²) in [6.07, 6.45) is 3.44. The molecule has 0 aliphatic carbocycles. The lowest BCUT2D eigenvalue weighted by Crippen LogP contribution is -2.27. The summed E-state index contributed by atoms with van der Waals surface area (Å²) < 4.78 is 0. The van der Waals surface area contributed by atoms with Crippen molar-refractivity contribution in [3.05, 3.63) is 47.7 Å². The lowest BCUT2D eigenvalue weighted by atomic mass is 10.1. The van der Waals surface area contributed by atoms with Gasteiger partial charge in [0.15, 0.2) is 0 Å². The van der Waals surface area contributed by atoms with Crippen LogP contribution in [-0.2, 0) is 4.79 Å². The number of ketones is 1. The van der Waals surface area contributed by atoms with Gasteiger partial charge in [-0.05, 0) is 13.3 Å². The molecule has 0 aliphatic rings. The molecule has 0 unspecified atom stereocenters. The quantitative estimate of drug-likeness (QED) is 0.455. The molecule has 20 heavy (non-hydrogen) atoms. The van der Waals surface area contributed by atoms with Gasteiger partial charge in [-0.1, -0.05) is 43.3 Å². The number of aliphatic hydroxyl groups is 1. The minimum absolute atomic E-state index is 0.0427. The molecule has 0 radical (unpaired) electrons. The Morgan fingerprint density at radius 1 is 1.30 bits per heavy atom. The third-order valence-corrected chi connectivity index (χ3v) is 2.84. The van der Waals surface area contributed by atoms with Crippen molar-refractivity contribution in [2.75, 3.05) is 13.7 Å². The molecular formula is C16H23NO3. The highest BCUT2D eigenvalue weighted by atomic mass is 16.2. The Kier molecular flexibility index (Phi) is 9.87. The molecule has 0 aromatic heterocycles. The summed E-state index contributed by atoms with van der Waals surface area (Å²) in [5, 5.41) is 10.0. The van der Waals surface area contributed by atoms with Gasteiger partial charge in [0.1, 0.15) is 6.29 Å². The van der Waals surface area contributed by atoms with E-state index in [0.717, 1.165) is 19.8 Å². The first kappa shape index (κ1) is 18.1. The Labute approximate surface area is 120 Å². The normalized spacial score (nSPS) is 11.9. The highest BCUT2D eigenvalue weighted by molar-refractivity contribution is 6.08. The number of carbonyl (C=O) groups is 2. The molecular weight excluding hydrogens is 254 g/mol. The van der Waals surface area contributed by atoms with Crippen LogP contribution in [0.15, 0.2) is 42.1 Å². The number of rotatable bonds is 7. The topological polar surface area (TPSA) is 66.4 Å². The summed E-state index contributed by atoms with van der Waals surface area (Å²) in [5.41, 5.74) is 1.19. The van der Waals surface area contributed by atoms with Gasteiger partial charge in [-0.2, -0.15) is 0 Å². The van der Waals surface area contributed by atoms with Gasteiger partial charge in [0.25, 0.3) is 0 Å². The van der Waals surface area contributed by atoms with Gasteiger partial charge in [0, 0.05) is 25.1 Å². The molecule has 0 saturated carbocycles. The smallest absolute Gasteiger partial charge is 0.208 e. The summed E-state index contributed by atoms with van der Waals surface area (Å²) in [6, 6.07) is 9.11. The van der Waals surface area contributed by atoms with Crippen LogP contribution in [0.25, 0.3) is 0 Å². The van der Waals surface area contributed by atoms with Crippen molar-refractivity contribution < 1.29 is 14.7 Å². The van der Waals surface area contributed by atoms with Crippen LogP contribution in [0.5, 0.6) is 0 Å². The molecule has 1 rings (SSSR count). The Morgan fingerprint density at radius 3 is 2.35 bits per heavy atom. The molecule has 1 atom stereocenters. The summed E-state index contributed by atoms with van der Waals surface area (Å²) in [4.78, 5) is 22.9. The Balaban J connectivity index is 0.00000172. The van der Waals surface area contributed by atoms with Gasteiger partial charge >= 0.3 is 0 Å². The highest BCUT2D eigenvalue weighted by Gasteiger charge is 2.12. The fourth-order valence-corrected chi connectivity index (χ4v) is 1.59. The molecule has 0 heterocycles. The summed E-state index contributed by atoms with van der Waals surface area (Å²) in [6.45, 7) is 4.26. The van der Waals surface area contributed by atoms with E-state index in [-0.39, 0.29) is 11.7 Å². The minimum Gasteiger partial charge on any atom is -0.400 e. The molecule has 4 nitrogen and oxygen atoms in total. The first-order valence-electron chi connectivity index (χ1n) is 6.62. The lowest BCUT2D eigenvalue weighted by Gasteiger charge is -2.12. The van der Waals surface area contributed by atoms with Crippen molar-refractivity contribution in [2.45, 2.75) is 20.3 Å². The molecule has 0 spiro atoms. The molecule has 4 heteroatoms. The predicted molar refractivity (Wildman–Crippen MR) is 80.5 cm³/mol. The Hall–Kier alpha value is -1.94. The monoisotopic (exact) mass is 277 g/mol. The van der Waals surface area contributed by atoms with Crippen LogP contribution < -0.4 is 5.32 Å². The van der Waals surface area contributed by atoms with E-state index in [2.05, 4.69) is 5.32 Å². The van der Waals surface area contributed by atoms with Gasteiger partial charge in [-0.3, -0.25) is 4.79 Å². The first-order chi connectivity index (χ1) is 9.72. The molecule has 0 saturated heterocycles. The number of hydrogen-bond donors (Lipinski definition) is 2. The van der Waals surface area contributed by atoms with Crippen molar-refractivity contribution in [1.29, 1.82) is 0 Å². The molecule has 110 valence electrons.